The van der Waals surface area contributed by atoms with Crippen LogP contribution in [0.25, 0.3) is 0 Å². The molecule has 2 aromatic rings. The van der Waals surface area contributed by atoms with Crippen LogP contribution in [-0.4, -0.2) is 48.3 Å². The number of ether oxygens (including phenoxy) is 2. The summed E-state index contributed by atoms with van der Waals surface area (Å²) in [5.41, 5.74) is 8.73. The lowest BCUT2D eigenvalue weighted by Gasteiger charge is -2.37. The largest absolute Gasteiger partial charge is 0.454 e. The van der Waals surface area contributed by atoms with Gasteiger partial charge in [-0.15, -0.1) is 0 Å². The molecule has 1 amide bonds. The minimum atomic E-state index is 0.0643. The molecule has 146 valence electrons. The maximum absolute atomic E-state index is 13.1. The van der Waals surface area contributed by atoms with E-state index in [-0.39, 0.29) is 12.7 Å². The van der Waals surface area contributed by atoms with Gasteiger partial charge in [0.25, 0.3) is 5.91 Å². The number of likely N-dealkylation sites (tertiary alicyclic amines) is 1. The molecule has 2 fully saturated rings. The average molecular weight is 380 g/mol. The Balaban J connectivity index is 1.31. The van der Waals surface area contributed by atoms with E-state index >= 15 is 0 Å². The van der Waals surface area contributed by atoms with Crippen LogP contribution in [-0.2, 0) is 0 Å². The maximum atomic E-state index is 13.1. The summed E-state index contributed by atoms with van der Waals surface area (Å²) in [7, 11) is 0. The molecule has 2 N–H and O–H groups in total. The summed E-state index contributed by atoms with van der Waals surface area (Å²) in [6.07, 6.45) is 5.83. The summed E-state index contributed by atoms with van der Waals surface area (Å²) in [6, 6.07) is 9.92. The zero-order chi connectivity index (χ0) is 18.9. The van der Waals surface area contributed by atoms with Gasteiger partial charge < -0.3 is 14.4 Å². The van der Waals surface area contributed by atoms with Gasteiger partial charge in [0, 0.05) is 49.6 Å². The lowest BCUT2D eigenvalue weighted by atomic mass is 9.81. The molecule has 0 aliphatic carbocycles. The minimum Gasteiger partial charge on any atom is -0.454 e. The molecule has 2 saturated heterocycles. The number of aromatic nitrogens is 1. The first-order chi connectivity index (χ1) is 13.8. The fraction of sp³-hybridized carbons (Fsp3) is 0.429. The lowest BCUT2D eigenvalue weighted by Crippen LogP contribution is -2.48. The Morgan fingerprint density at radius 1 is 1.14 bits per heavy atom. The van der Waals surface area contributed by atoms with E-state index in [1.807, 2.05) is 29.4 Å². The third-order valence-corrected chi connectivity index (χ3v) is 6.03. The van der Waals surface area contributed by atoms with Gasteiger partial charge in [-0.3, -0.25) is 20.6 Å². The Kier molecular flexibility index (Phi) is 4.62. The van der Waals surface area contributed by atoms with Crippen LogP contribution in [0.5, 0.6) is 11.5 Å². The van der Waals surface area contributed by atoms with Crippen LogP contribution < -0.4 is 20.3 Å². The van der Waals surface area contributed by atoms with Crippen LogP contribution in [0.3, 0.4) is 0 Å². The highest BCUT2D eigenvalue weighted by molar-refractivity contribution is 5.95. The highest BCUT2D eigenvalue weighted by Gasteiger charge is 2.37. The number of fused-ring (bicyclic) bond motifs is 1. The number of hydrogen-bond acceptors (Lipinski definition) is 6. The Bertz CT molecular complexity index is 860. The van der Waals surface area contributed by atoms with E-state index in [9.17, 15) is 4.79 Å². The van der Waals surface area contributed by atoms with Crippen molar-refractivity contribution < 1.29 is 14.3 Å². The van der Waals surface area contributed by atoms with Gasteiger partial charge in [0.2, 0.25) is 6.79 Å². The quantitative estimate of drug-likeness (QED) is 0.847. The monoisotopic (exact) mass is 380 g/mol. The Hall–Kier alpha value is -2.64. The Morgan fingerprint density at radius 3 is 2.89 bits per heavy atom. The second-order valence-corrected chi connectivity index (χ2v) is 7.66. The van der Waals surface area contributed by atoms with E-state index in [1.54, 1.807) is 6.07 Å². The second-order valence-electron chi connectivity index (χ2n) is 7.66. The van der Waals surface area contributed by atoms with Crippen molar-refractivity contribution in [3.8, 4) is 11.5 Å². The summed E-state index contributed by atoms with van der Waals surface area (Å²) < 4.78 is 10.8. The summed E-state index contributed by atoms with van der Waals surface area (Å²) in [6.45, 7) is 2.66. The summed E-state index contributed by atoms with van der Waals surface area (Å²) in [5.74, 6) is 2.20. The Labute approximate surface area is 164 Å². The van der Waals surface area contributed by atoms with E-state index in [2.05, 4.69) is 28.0 Å². The second kappa shape index (κ2) is 7.41. The molecule has 0 bridgehead atoms. The van der Waals surface area contributed by atoms with E-state index in [4.69, 9.17) is 9.47 Å². The molecule has 4 heterocycles. The predicted molar refractivity (Wildman–Crippen MR) is 103 cm³/mol. The minimum absolute atomic E-state index is 0.0643. The molecule has 1 aromatic carbocycles. The van der Waals surface area contributed by atoms with E-state index in [0.717, 1.165) is 32.5 Å². The number of benzene rings is 1. The van der Waals surface area contributed by atoms with Gasteiger partial charge in [0.15, 0.2) is 11.5 Å². The zero-order valence-electron chi connectivity index (χ0n) is 15.6. The first kappa shape index (κ1) is 17.5. The van der Waals surface area contributed by atoms with Crippen LogP contribution in [0.2, 0.25) is 0 Å². The molecule has 0 radical (unpaired) electrons. The Morgan fingerprint density at radius 2 is 2.00 bits per heavy atom. The zero-order valence-corrected chi connectivity index (χ0v) is 15.6. The van der Waals surface area contributed by atoms with Crippen molar-refractivity contribution in [3.05, 3.63) is 53.9 Å². The third-order valence-electron chi connectivity index (χ3n) is 6.03. The lowest BCUT2D eigenvalue weighted by molar-refractivity contribution is 0.0644. The molecule has 7 nitrogen and oxygen atoms in total. The molecule has 3 unspecified atom stereocenters. The van der Waals surface area contributed by atoms with Crippen molar-refractivity contribution in [2.75, 3.05) is 26.4 Å². The van der Waals surface area contributed by atoms with Crippen molar-refractivity contribution in [3.63, 3.8) is 0 Å². The molecule has 0 spiro atoms. The van der Waals surface area contributed by atoms with Crippen molar-refractivity contribution in [2.24, 2.45) is 5.92 Å². The fourth-order valence-corrected chi connectivity index (χ4v) is 4.60. The summed E-state index contributed by atoms with van der Waals surface area (Å²) in [4.78, 5) is 19.2. The number of amides is 1. The van der Waals surface area contributed by atoms with Gasteiger partial charge >= 0.3 is 0 Å². The molecular formula is C21H24N4O3. The number of nitrogens with one attached hydrogen (secondary N) is 2. The first-order valence-corrected chi connectivity index (χ1v) is 9.87. The van der Waals surface area contributed by atoms with Crippen LogP contribution in [0, 0.1) is 5.92 Å². The van der Waals surface area contributed by atoms with Crippen molar-refractivity contribution in [1.29, 1.82) is 0 Å². The number of hydrazine groups is 1. The maximum Gasteiger partial charge on any atom is 0.254 e. The van der Waals surface area contributed by atoms with Gasteiger partial charge in [-0.2, -0.15) is 0 Å². The van der Waals surface area contributed by atoms with Crippen molar-refractivity contribution in [1.82, 2.24) is 20.7 Å². The molecule has 3 atom stereocenters. The number of piperidine rings is 1. The summed E-state index contributed by atoms with van der Waals surface area (Å²) in [5, 5.41) is 0. The van der Waals surface area contributed by atoms with Gasteiger partial charge in [-0.25, -0.2) is 0 Å². The molecule has 1 aromatic heterocycles. The van der Waals surface area contributed by atoms with Crippen LogP contribution in [0.4, 0.5) is 0 Å². The van der Waals surface area contributed by atoms with E-state index in [0.29, 0.717) is 34.9 Å². The summed E-state index contributed by atoms with van der Waals surface area (Å²) >= 11 is 0. The highest BCUT2D eigenvalue weighted by Crippen LogP contribution is 2.34. The standard InChI is InChI=1S/C21H24N4O3/c26-21(15-3-4-18-19(10-15)28-13-27-18)25-9-1-2-16(12-25)20-17(11-23-24-20)14-5-7-22-8-6-14/h3-8,10,16-17,20,23-24H,1-2,9,11-13H2. The van der Waals surface area contributed by atoms with E-state index < -0.39 is 0 Å². The van der Waals surface area contributed by atoms with Crippen molar-refractivity contribution in [2.45, 2.75) is 24.8 Å². The average Bonchev–Trinajstić information content (AvgIpc) is 3.43. The SMILES string of the molecule is O=C(c1ccc2c(c1)OCO2)N1CCCC(C2NNCC2c2ccncc2)C1. The molecule has 0 saturated carbocycles. The number of rotatable bonds is 3. The molecular weight excluding hydrogens is 356 g/mol. The molecule has 7 heteroatoms. The number of carbonyl (C=O) groups is 1. The van der Waals surface area contributed by atoms with Crippen LogP contribution in [0.1, 0.15) is 34.7 Å². The first-order valence-electron chi connectivity index (χ1n) is 9.87. The topological polar surface area (TPSA) is 75.7 Å². The number of pyridine rings is 1. The van der Waals surface area contributed by atoms with Crippen LogP contribution >= 0.6 is 0 Å². The molecule has 28 heavy (non-hydrogen) atoms. The van der Waals surface area contributed by atoms with Crippen molar-refractivity contribution >= 4 is 5.91 Å². The predicted octanol–water partition coefficient (Wildman–Crippen LogP) is 1.92. The highest BCUT2D eigenvalue weighted by atomic mass is 16.7. The smallest absolute Gasteiger partial charge is 0.254 e. The normalized spacial score (nSPS) is 26.4. The van der Waals surface area contributed by atoms with Gasteiger partial charge in [-0.1, -0.05) is 0 Å². The molecule has 5 rings (SSSR count). The third kappa shape index (κ3) is 3.21. The fourth-order valence-electron chi connectivity index (χ4n) is 4.60. The van der Waals surface area contributed by atoms with Gasteiger partial charge in [0.05, 0.1) is 0 Å². The van der Waals surface area contributed by atoms with Crippen LogP contribution in [0.15, 0.2) is 42.7 Å². The molecule has 3 aliphatic rings. The molecule has 3 aliphatic heterocycles. The number of nitrogens with zero attached hydrogens (tertiary/aromatic N) is 2. The van der Waals surface area contributed by atoms with Gasteiger partial charge in [-0.05, 0) is 54.7 Å². The number of carbonyl (C=O) groups excluding carboxylic acids is 1. The van der Waals surface area contributed by atoms with E-state index in [1.165, 1.54) is 5.56 Å². The van der Waals surface area contributed by atoms with Gasteiger partial charge in [0.1, 0.15) is 0 Å². The number of hydrogen-bond donors (Lipinski definition) is 2.